The first-order valence-electron chi connectivity index (χ1n) is 7.21. The molecule has 2 aromatic rings. The van der Waals surface area contributed by atoms with E-state index in [1.165, 1.54) is 20.3 Å². The van der Waals surface area contributed by atoms with Crippen LogP contribution in [0.15, 0.2) is 24.3 Å². The predicted octanol–water partition coefficient (Wildman–Crippen LogP) is 3.52. The SMILES string of the molecule is COC(=O)c1cc(OC)c2c3c(ccc2c1O)OC(C)(C)C=C3. The van der Waals surface area contributed by atoms with E-state index < -0.39 is 11.6 Å². The maximum atomic E-state index is 11.8. The van der Waals surface area contributed by atoms with Crippen molar-refractivity contribution in [3.8, 4) is 17.2 Å². The molecule has 0 atom stereocenters. The Bertz CT molecular complexity index is 833. The zero-order valence-corrected chi connectivity index (χ0v) is 13.5. The smallest absolute Gasteiger partial charge is 0.341 e. The van der Waals surface area contributed by atoms with E-state index in [2.05, 4.69) is 0 Å². The Morgan fingerprint density at radius 2 is 2.00 bits per heavy atom. The lowest BCUT2D eigenvalue weighted by Crippen LogP contribution is -2.27. The Kier molecular flexibility index (Phi) is 3.43. The molecule has 2 aromatic carbocycles. The summed E-state index contributed by atoms with van der Waals surface area (Å²) in [5.41, 5.74) is 0.477. The fourth-order valence-corrected chi connectivity index (χ4v) is 2.76. The standard InChI is InChI=1S/C18H18O5/c1-18(2)8-7-10-13(23-18)6-5-11-15(10)14(21-3)9-12(16(11)19)17(20)22-4/h5-9,19H,1-4H3. The van der Waals surface area contributed by atoms with Crippen LogP contribution in [0.5, 0.6) is 17.2 Å². The highest BCUT2D eigenvalue weighted by Gasteiger charge is 2.26. The van der Waals surface area contributed by atoms with Gasteiger partial charge in [0.1, 0.15) is 28.4 Å². The van der Waals surface area contributed by atoms with Crippen molar-refractivity contribution in [2.75, 3.05) is 14.2 Å². The lowest BCUT2D eigenvalue weighted by molar-refractivity contribution is 0.0597. The third kappa shape index (κ3) is 2.38. The van der Waals surface area contributed by atoms with E-state index in [0.717, 1.165) is 5.56 Å². The molecule has 5 heteroatoms. The van der Waals surface area contributed by atoms with E-state index in [-0.39, 0.29) is 11.3 Å². The number of aromatic hydroxyl groups is 1. The van der Waals surface area contributed by atoms with Crippen molar-refractivity contribution in [1.82, 2.24) is 0 Å². The number of rotatable bonds is 2. The highest BCUT2D eigenvalue weighted by atomic mass is 16.5. The second-order valence-corrected chi connectivity index (χ2v) is 5.91. The molecule has 0 amide bonds. The number of benzene rings is 2. The van der Waals surface area contributed by atoms with Crippen LogP contribution in [-0.2, 0) is 4.74 Å². The van der Waals surface area contributed by atoms with Crippen molar-refractivity contribution in [2.24, 2.45) is 0 Å². The Balaban J connectivity index is 2.35. The van der Waals surface area contributed by atoms with Crippen LogP contribution in [0.2, 0.25) is 0 Å². The van der Waals surface area contributed by atoms with Crippen LogP contribution in [0.4, 0.5) is 0 Å². The van der Waals surface area contributed by atoms with Gasteiger partial charge in [-0.3, -0.25) is 0 Å². The molecule has 23 heavy (non-hydrogen) atoms. The van der Waals surface area contributed by atoms with Gasteiger partial charge >= 0.3 is 5.97 Å². The molecule has 0 bridgehead atoms. The fourth-order valence-electron chi connectivity index (χ4n) is 2.76. The largest absolute Gasteiger partial charge is 0.506 e. The van der Waals surface area contributed by atoms with Crippen LogP contribution in [0.3, 0.4) is 0 Å². The van der Waals surface area contributed by atoms with E-state index in [4.69, 9.17) is 14.2 Å². The normalized spacial score (nSPS) is 15.0. The van der Waals surface area contributed by atoms with Gasteiger partial charge in [0.15, 0.2) is 0 Å². The van der Waals surface area contributed by atoms with Gasteiger partial charge in [-0.2, -0.15) is 0 Å². The first-order chi connectivity index (χ1) is 10.9. The van der Waals surface area contributed by atoms with E-state index in [1.807, 2.05) is 26.0 Å². The first-order valence-corrected chi connectivity index (χ1v) is 7.21. The van der Waals surface area contributed by atoms with Crippen molar-refractivity contribution in [3.05, 3.63) is 35.4 Å². The molecule has 120 valence electrons. The molecule has 0 spiro atoms. The van der Waals surface area contributed by atoms with Gasteiger partial charge in [0.2, 0.25) is 0 Å². The average Bonchev–Trinajstić information content (AvgIpc) is 2.53. The molecule has 0 fully saturated rings. The Hall–Kier alpha value is -2.69. The van der Waals surface area contributed by atoms with Crippen molar-refractivity contribution in [1.29, 1.82) is 0 Å². The molecule has 0 aliphatic carbocycles. The molecule has 0 aromatic heterocycles. The summed E-state index contributed by atoms with van der Waals surface area (Å²) in [6.07, 6.45) is 3.89. The summed E-state index contributed by atoms with van der Waals surface area (Å²) in [5.74, 6) is 0.429. The van der Waals surface area contributed by atoms with E-state index >= 15 is 0 Å². The molecule has 3 rings (SSSR count). The van der Waals surface area contributed by atoms with Crippen LogP contribution >= 0.6 is 0 Å². The van der Waals surface area contributed by atoms with Crippen molar-refractivity contribution < 1.29 is 24.1 Å². The summed E-state index contributed by atoms with van der Waals surface area (Å²) in [5, 5.41) is 11.7. The van der Waals surface area contributed by atoms with Gasteiger partial charge in [0, 0.05) is 16.3 Å². The molecule has 1 aliphatic rings. The topological polar surface area (TPSA) is 65.0 Å². The second-order valence-electron chi connectivity index (χ2n) is 5.91. The quantitative estimate of drug-likeness (QED) is 0.859. The molecule has 0 saturated heterocycles. The predicted molar refractivity (Wildman–Crippen MR) is 87.2 cm³/mol. The first kappa shape index (κ1) is 15.2. The number of hydrogen-bond acceptors (Lipinski definition) is 5. The van der Waals surface area contributed by atoms with Gasteiger partial charge in [-0.05, 0) is 38.1 Å². The van der Waals surface area contributed by atoms with Crippen LogP contribution in [0, 0.1) is 0 Å². The minimum Gasteiger partial charge on any atom is -0.506 e. The van der Waals surface area contributed by atoms with Gasteiger partial charge in [0.25, 0.3) is 0 Å². The third-order valence-electron chi connectivity index (χ3n) is 3.89. The maximum Gasteiger partial charge on any atom is 0.341 e. The van der Waals surface area contributed by atoms with E-state index in [1.54, 1.807) is 12.1 Å². The number of fused-ring (bicyclic) bond motifs is 3. The molecule has 0 unspecified atom stereocenters. The number of hydrogen-bond donors (Lipinski definition) is 1. The summed E-state index contributed by atoms with van der Waals surface area (Å²) in [4.78, 5) is 11.8. The van der Waals surface area contributed by atoms with Crippen LogP contribution in [-0.4, -0.2) is 30.9 Å². The summed E-state index contributed by atoms with van der Waals surface area (Å²) in [6.45, 7) is 3.93. The minimum absolute atomic E-state index is 0.0674. The molecule has 0 saturated carbocycles. The highest BCUT2D eigenvalue weighted by Crippen LogP contribution is 2.44. The van der Waals surface area contributed by atoms with Crippen molar-refractivity contribution in [3.63, 3.8) is 0 Å². The number of ether oxygens (including phenoxy) is 3. The summed E-state index contributed by atoms with van der Waals surface area (Å²) in [7, 11) is 2.79. The molecule has 1 aliphatic heterocycles. The minimum atomic E-state index is -0.617. The number of phenolic OH excluding ortho intramolecular Hbond substituents is 1. The third-order valence-corrected chi connectivity index (χ3v) is 3.89. The van der Waals surface area contributed by atoms with Gasteiger partial charge in [-0.1, -0.05) is 6.08 Å². The van der Waals surface area contributed by atoms with Crippen LogP contribution in [0.1, 0.15) is 29.8 Å². The molecule has 0 radical (unpaired) electrons. The highest BCUT2D eigenvalue weighted by molar-refractivity contribution is 6.07. The second kappa shape index (κ2) is 5.19. The van der Waals surface area contributed by atoms with Crippen molar-refractivity contribution in [2.45, 2.75) is 19.4 Å². The number of carbonyl (C=O) groups excluding carboxylic acids is 1. The average molecular weight is 314 g/mol. The van der Waals surface area contributed by atoms with Crippen LogP contribution in [0.25, 0.3) is 16.8 Å². The van der Waals surface area contributed by atoms with Crippen molar-refractivity contribution >= 4 is 22.8 Å². The van der Waals surface area contributed by atoms with E-state index in [9.17, 15) is 9.90 Å². The van der Waals surface area contributed by atoms with Gasteiger partial charge in [-0.25, -0.2) is 4.79 Å². The lowest BCUT2D eigenvalue weighted by Gasteiger charge is -2.29. The van der Waals surface area contributed by atoms with Gasteiger partial charge in [0.05, 0.1) is 14.2 Å². The molecule has 1 N–H and O–H groups in total. The fraction of sp³-hybridized carbons (Fsp3) is 0.278. The Labute approximate surface area is 134 Å². The maximum absolute atomic E-state index is 11.8. The summed E-state index contributed by atoms with van der Waals surface area (Å²) in [6, 6.07) is 4.98. The van der Waals surface area contributed by atoms with E-state index in [0.29, 0.717) is 22.3 Å². The Morgan fingerprint density at radius 3 is 2.65 bits per heavy atom. The lowest BCUT2D eigenvalue weighted by atomic mass is 9.95. The van der Waals surface area contributed by atoms with Gasteiger partial charge in [-0.15, -0.1) is 0 Å². The summed E-state index contributed by atoms with van der Waals surface area (Å²) >= 11 is 0. The number of phenols is 1. The number of esters is 1. The zero-order valence-electron chi connectivity index (χ0n) is 13.5. The zero-order chi connectivity index (χ0) is 16.8. The van der Waals surface area contributed by atoms with Gasteiger partial charge < -0.3 is 19.3 Å². The Morgan fingerprint density at radius 1 is 1.26 bits per heavy atom. The molecular formula is C18H18O5. The van der Waals surface area contributed by atoms with Crippen LogP contribution < -0.4 is 9.47 Å². The number of methoxy groups -OCH3 is 2. The monoisotopic (exact) mass is 314 g/mol. The molecule has 5 nitrogen and oxygen atoms in total. The summed E-state index contributed by atoms with van der Waals surface area (Å²) < 4.78 is 16.1. The number of carbonyl (C=O) groups is 1. The molecular weight excluding hydrogens is 296 g/mol. The molecule has 1 heterocycles.